The molecule has 27 heavy (non-hydrogen) atoms. The van der Waals surface area contributed by atoms with E-state index in [0.717, 1.165) is 17.0 Å². The quantitative estimate of drug-likeness (QED) is 0.602. The Bertz CT molecular complexity index is 1170. The molecule has 4 aromatic rings. The van der Waals surface area contributed by atoms with E-state index in [2.05, 4.69) is 24.9 Å². The van der Waals surface area contributed by atoms with E-state index >= 15 is 0 Å². The SMILES string of the molecule is COc1ccc2nc(Cc3ccc(-c4ccnc(C)n4)nc3)[nH]c(=O)c2c1. The second-order valence-electron chi connectivity index (χ2n) is 6.11. The summed E-state index contributed by atoms with van der Waals surface area (Å²) in [5.74, 6) is 1.92. The van der Waals surface area contributed by atoms with Gasteiger partial charge in [-0.25, -0.2) is 15.0 Å². The molecule has 0 radical (unpaired) electrons. The van der Waals surface area contributed by atoms with Crippen molar-refractivity contribution in [3.63, 3.8) is 0 Å². The summed E-state index contributed by atoms with van der Waals surface area (Å²) in [6.07, 6.45) is 3.96. The summed E-state index contributed by atoms with van der Waals surface area (Å²) in [7, 11) is 1.57. The fourth-order valence-electron chi connectivity index (χ4n) is 2.85. The molecule has 4 rings (SSSR count). The molecule has 0 aliphatic rings. The molecule has 1 aromatic carbocycles. The van der Waals surface area contributed by atoms with Crippen LogP contribution in [0.25, 0.3) is 22.3 Å². The number of pyridine rings is 1. The molecule has 1 N–H and O–H groups in total. The Labute approximate surface area is 155 Å². The largest absolute Gasteiger partial charge is 0.497 e. The topological polar surface area (TPSA) is 93.7 Å². The molecule has 0 amide bonds. The standard InChI is InChI=1S/C20H17N5O2/c1-12-21-8-7-18(23-12)17-5-3-13(11-22-17)9-19-24-16-6-4-14(27-2)10-15(16)20(26)25-19/h3-8,10-11H,9H2,1-2H3,(H,24,25,26). The fourth-order valence-corrected chi connectivity index (χ4v) is 2.85. The third-order valence-electron chi connectivity index (χ3n) is 4.20. The zero-order chi connectivity index (χ0) is 18.8. The first-order valence-corrected chi connectivity index (χ1v) is 8.44. The number of aromatic amines is 1. The van der Waals surface area contributed by atoms with Gasteiger partial charge in [0.25, 0.3) is 5.56 Å². The molecule has 0 aliphatic heterocycles. The Balaban J connectivity index is 1.61. The van der Waals surface area contributed by atoms with Gasteiger partial charge in [0, 0.05) is 18.8 Å². The molecule has 0 unspecified atom stereocenters. The minimum atomic E-state index is -0.185. The zero-order valence-electron chi connectivity index (χ0n) is 14.9. The molecule has 134 valence electrons. The van der Waals surface area contributed by atoms with Crippen LogP contribution in [0, 0.1) is 6.92 Å². The summed E-state index contributed by atoms with van der Waals surface area (Å²) >= 11 is 0. The van der Waals surface area contributed by atoms with Crippen LogP contribution in [0.1, 0.15) is 17.2 Å². The van der Waals surface area contributed by atoms with Crippen LogP contribution in [0.4, 0.5) is 0 Å². The van der Waals surface area contributed by atoms with E-state index in [1.165, 1.54) is 0 Å². The van der Waals surface area contributed by atoms with E-state index in [1.807, 2.05) is 25.1 Å². The third kappa shape index (κ3) is 3.52. The van der Waals surface area contributed by atoms with Gasteiger partial charge < -0.3 is 9.72 Å². The van der Waals surface area contributed by atoms with Gasteiger partial charge in [-0.15, -0.1) is 0 Å². The number of aryl methyl sites for hydroxylation is 1. The van der Waals surface area contributed by atoms with E-state index in [9.17, 15) is 4.79 Å². The molecule has 0 atom stereocenters. The van der Waals surface area contributed by atoms with E-state index in [4.69, 9.17) is 4.74 Å². The van der Waals surface area contributed by atoms with Crippen molar-refractivity contribution in [2.75, 3.05) is 7.11 Å². The summed E-state index contributed by atoms with van der Waals surface area (Å²) in [5, 5.41) is 0.505. The van der Waals surface area contributed by atoms with Gasteiger partial charge in [0.2, 0.25) is 0 Å². The molecule has 7 nitrogen and oxygen atoms in total. The summed E-state index contributed by atoms with van der Waals surface area (Å²) in [4.78, 5) is 32.7. The second kappa shape index (κ2) is 6.95. The summed E-state index contributed by atoms with van der Waals surface area (Å²) in [6, 6.07) is 10.9. The Hall–Kier alpha value is -3.61. The third-order valence-corrected chi connectivity index (χ3v) is 4.20. The van der Waals surface area contributed by atoms with Gasteiger partial charge in [0.15, 0.2) is 0 Å². The number of benzene rings is 1. The van der Waals surface area contributed by atoms with Crippen LogP contribution in [0.5, 0.6) is 5.75 Å². The van der Waals surface area contributed by atoms with Crippen LogP contribution in [0.15, 0.2) is 53.6 Å². The molecule has 3 heterocycles. The van der Waals surface area contributed by atoms with Gasteiger partial charge in [-0.05, 0) is 42.8 Å². The average Bonchev–Trinajstić information content (AvgIpc) is 2.68. The van der Waals surface area contributed by atoms with E-state index in [-0.39, 0.29) is 5.56 Å². The predicted molar refractivity (Wildman–Crippen MR) is 102 cm³/mol. The van der Waals surface area contributed by atoms with Crippen molar-refractivity contribution >= 4 is 10.9 Å². The highest BCUT2D eigenvalue weighted by Crippen LogP contribution is 2.18. The van der Waals surface area contributed by atoms with E-state index < -0.39 is 0 Å². The fraction of sp³-hybridized carbons (Fsp3) is 0.150. The highest BCUT2D eigenvalue weighted by atomic mass is 16.5. The molecule has 0 fully saturated rings. The van der Waals surface area contributed by atoms with Crippen LogP contribution in [-0.4, -0.2) is 32.0 Å². The van der Waals surface area contributed by atoms with Gasteiger partial charge in [0.05, 0.1) is 29.4 Å². The minimum absolute atomic E-state index is 0.185. The van der Waals surface area contributed by atoms with Crippen LogP contribution in [0.3, 0.4) is 0 Å². The zero-order valence-corrected chi connectivity index (χ0v) is 14.9. The van der Waals surface area contributed by atoms with Crippen molar-refractivity contribution in [3.05, 3.63) is 76.4 Å². The average molecular weight is 359 g/mol. The maximum atomic E-state index is 12.3. The van der Waals surface area contributed by atoms with Gasteiger partial charge >= 0.3 is 0 Å². The first kappa shape index (κ1) is 16.8. The lowest BCUT2D eigenvalue weighted by Crippen LogP contribution is -2.12. The molecule has 3 aromatic heterocycles. The Morgan fingerprint density at radius 1 is 1.04 bits per heavy atom. The highest BCUT2D eigenvalue weighted by molar-refractivity contribution is 5.79. The number of nitrogens with one attached hydrogen (secondary N) is 1. The van der Waals surface area contributed by atoms with Crippen molar-refractivity contribution in [3.8, 4) is 17.1 Å². The second-order valence-corrected chi connectivity index (χ2v) is 6.11. The summed E-state index contributed by atoms with van der Waals surface area (Å²) in [5.41, 5.74) is 2.95. The van der Waals surface area contributed by atoms with Crippen molar-refractivity contribution in [1.29, 1.82) is 0 Å². The lowest BCUT2D eigenvalue weighted by atomic mass is 10.1. The van der Waals surface area contributed by atoms with Crippen molar-refractivity contribution < 1.29 is 4.74 Å². The molecular formula is C20H17N5O2. The predicted octanol–water partition coefficient (Wildman–Crippen LogP) is 2.68. The van der Waals surface area contributed by atoms with Gasteiger partial charge in [-0.1, -0.05) is 6.07 Å². The first-order valence-electron chi connectivity index (χ1n) is 8.44. The number of fused-ring (bicyclic) bond motifs is 1. The number of hydrogen-bond donors (Lipinski definition) is 1. The van der Waals surface area contributed by atoms with Crippen molar-refractivity contribution in [1.82, 2.24) is 24.9 Å². The summed E-state index contributed by atoms with van der Waals surface area (Å²) < 4.78 is 5.16. The van der Waals surface area contributed by atoms with Crippen molar-refractivity contribution in [2.45, 2.75) is 13.3 Å². The molecule has 0 saturated carbocycles. The van der Waals surface area contributed by atoms with Gasteiger partial charge in [-0.2, -0.15) is 0 Å². The molecule has 0 spiro atoms. The molecule has 0 aliphatic carbocycles. The summed E-state index contributed by atoms with van der Waals surface area (Å²) in [6.45, 7) is 1.84. The monoisotopic (exact) mass is 359 g/mol. The van der Waals surface area contributed by atoms with Gasteiger partial charge in [-0.3, -0.25) is 9.78 Å². The smallest absolute Gasteiger partial charge is 0.258 e. The van der Waals surface area contributed by atoms with Crippen LogP contribution in [0.2, 0.25) is 0 Å². The van der Waals surface area contributed by atoms with Crippen molar-refractivity contribution in [2.24, 2.45) is 0 Å². The normalized spacial score (nSPS) is 10.9. The number of methoxy groups -OCH3 is 1. The minimum Gasteiger partial charge on any atom is -0.497 e. The molecule has 0 saturated heterocycles. The van der Waals surface area contributed by atoms with Crippen LogP contribution in [-0.2, 0) is 6.42 Å². The van der Waals surface area contributed by atoms with E-state index in [0.29, 0.717) is 34.7 Å². The Morgan fingerprint density at radius 2 is 1.93 bits per heavy atom. The Morgan fingerprint density at radius 3 is 2.67 bits per heavy atom. The maximum absolute atomic E-state index is 12.3. The molecular weight excluding hydrogens is 342 g/mol. The van der Waals surface area contributed by atoms with E-state index in [1.54, 1.807) is 37.7 Å². The number of rotatable bonds is 4. The molecule has 0 bridgehead atoms. The van der Waals surface area contributed by atoms with Crippen LogP contribution < -0.4 is 10.3 Å². The lowest BCUT2D eigenvalue weighted by molar-refractivity contribution is 0.415. The van der Waals surface area contributed by atoms with Gasteiger partial charge in [0.1, 0.15) is 17.4 Å². The Kier molecular flexibility index (Phi) is 4.33. The van der Waals surface area contributed by atoms with Crippen LogP contribution >= 0.6 is 0 Å². The molecule has 7 heteroatoms. The number of aromatic nitrogens is 5. The highest BCUT2D eigenvalue weighted by Gasteiger charge is 2.08. The number of hydrogen-bond acceptors (Lipinski definition) is 6. The number of nitrogens with zero attached hydrogens (tertiary/aromatic N) is 4. The number of ether oxygens (including phenoxy) is 1. The lowest BCUT2D eigenvalue weighted by Gasteiger charge is -2.06. The first-order chi connectivity index (χ1) is 13.1. The maximum Gasteiger partial charge on any atom is 0.258 e. The number of H-pyrrole nitrogens is 1.